The number of hydrogen-bond donors (Lipinski definition) is 1. The molecule has 0 aromatic heterocycles. The molecule has 0 saturated carbocycles. The lowest BCUT2D eigenvalue weighted by atomic mass is 9.68. The molecule has 0 amide bonds. The first kappa shape index (κ1) is 38.2. The third-order valence-electron chi connectivity index (χ3n) is 9.45. The first-order valence-electron chi connectivity index (χ1n) is 14.9. The fourth-order valence-corrected chi connectivity index (χ4v) is 7.45. The van der Waals surface area contributed by atoms with Crippen LogP contribution in [0, 0.1) is 0 Å². The summed E-state index contributed by atoms with van der Waals surface area (Å²) in [4.78, 5) is 10.2. The van der Waals surface area contributed by atoms with Crippen molar-refractivity contribution in [3.63, 3.8) is 0 Å². The minimum atomic E-state index is -5.52. The number of carboxylic acid groups (broad SMARTS) is 1. The molecule has 4 rings (SSSR count). The maximum atomic E-state index is 14.7. The fraction of sp³-hybridized carbons (Fsp3) is 0.581. The van der Waals surface area contributed by atoms with Crippen molar-refractivity contribution in [3.8, 4) is 0 Å². The zero-order valence-corrected chi connectivity index (χ0v) is 29.3. The molecule has 264 valence electrons. The van der Waals surface area contributed by atoms with E-state index in [2.05, 4.69) is 0 Å². The molecule has 2 fully saturated rings. The minimum Gasteiger partial charge on any atom is -0.478 e. The molecule has 0 unspecified atom stereocenters. The molecule has 2 aliphatic rings. The summed E-state index contributed by atoms with van der Waals surface area (Å²) in [5.41, 5.74) is -12.0. The van der Waals surface area contributed by atoms with Crippen molar-refractivity contribution in [2.75, 3.05) is 0 Å². The Balaban J connectivity index is 2.16. The van der Waals surface area contributed by atoms with E-state index in [1.807, 2.05) is 0 Å². The van der Waals surface area contributed by atoms with E-state index in [1.54, 1.807) is 55.4 Å². The molecule has 2 saturated heterocycles. The van der Waals surface area contributed by atoms with Crippen LogP contribution in [0.2, 0.25) is 0 Å². The summed E-state index contributed by atoms with van der Waals surface area (Å²) in [5, 5.41) is 10.2. The van der Waals surface area contributed by atoms with Gasteiger partial charge in [-0.1, -0.05) is 26.8 Å². The summed E-state index contributed by atoms with van der Waals surface area (Å²) in [5.74, 6) is -2.26. The lowest BCUT2D eigenvalue weighted by Gasteiger charge is -2.32. The molecule has 0 aliphatic carbocycles. The number of alkyl halides is 6. The van der Waals surface area contributed by atoms with Gasteiger partial charge in [0.05, 0.1) is 48.9 Å². The van der Waals surface area contributed by atoms with E-state index in [-0.39, 0.29) is 6.07 Å². The Morgan fingerprint density at radius 2 is 1.15 bits per heavy atom. The maximum Gasteiger partial charge on any atom is 0.495 e. The van der Waals surface area contributed by atoms with E-state index in [0.29, 0.717) is 12.1 Å². The van der Waals surface area contributed by atoms with Crippen molar-refractivity contribution in [2.24, 2.45) is 0 Å². The predicted molar refractivity (Wildman–Crippen MR) is 165 cm³/mol. The van der Waals surface area contributed by atoms with Gasteiger partial charge in [0, 0.05) is 0 Å². The Morgan fingerprint density at radius 1 is 0.708 bits per heavy atom. The lowest BCUT2D eigenvalue weighted by Crippen LogP contribution is -2.43. The molecule has 17 heteroatoms. The smallest absolute Gasteiger partial charge is 0.478 e. The summed E-state index contributed by atoms with van der Waals surface area (Å²) < 4.78 is 140. The number of aromatic carboxylic acids is 1. The third-order valence-corrected chi connectivity index (χ3v) is 11.3. The van der Waals surface area contributed by atoms with Crippen LogP contribution < -0.4 is 10.9 Å². The zero-order valence-electron chi connectivity index (χ0n) is 28.4. The molecular formula is C31H38B2F6O8S. The molecule has 0 spiro atoms. The Morgan fingerprint density at radius 3 is 1.52 bits per heavy atom. The second kappa shape index (κ2) is 11.2. The van der Waals surface area contributed by atoms with Crippen molar-refractivity contribution >= 4 is 41.0 Å². The molecule has 2 aromatic rings. The van der Waals surface area contributed by atoms with Gasteiger partial charge in [-0.3, -0.25) is 0 Å². The van der Waals surface area contributed by atoms with E-state index in [4.69, 9.17) is 18.6 Å². The Labute approximate surface area is 276 Å². The average Bonchev–Trinajstić information content (AvgIpc) is 3.24. The fourth-order valence-electron chi connectivity index (χ4n) is 5.49. The molecule has 2 heterocycles. The first-order valence-corrected chi connectivity index (χ1v) is 16.4. The Kier molecular flexibility index (Phi) is 8.92. The largest absolute Gasteiger partial charge is 0.495 e. The molecule has 0 radical (unpaired) electrons. The number of carbonyl (C=O) groups is 1. The Hall–Kier alpha value is -2.59. The van der Waals surface area contributed by atoms with Gasteiger partial charge in [-0.15, -0.1) is 0 Å². The van der Waals surface area contributed by atoms with Crippen molar-refractivity contribution in [1.82, 2.24) is 0 Å². The molecule has 2 aliphatic heterocycles. The van der Waals surface area contributed by atoms with Crippen LogP contribution in [-0.4, -0.2) is 56.1 Å². The summed E-state index contributed by atoms with van der Waals surface area (Å²) in [6.07, 6.45) is -10.6. The van der Waals surface area contributed by atoms with Crippen LogP contribution in [0.25, 0.3) is 0 Å². The molecule has 8 nitrogen and oxygen atoms in total. The van der Waals surface area contributed by atoms with Gasteiger partial charge in [-0.2, -0.15) is 26.3 Å². The van der Waals surface area contributed by atoms with Gasteiger partial charge in [-0.05, 0) is 95.5 Å². The number of carboxylic acids is 1. The second-order valence-corrected chi connectivity index (χ2v) is 17.0. The van der Waals surface area contributed by atoms with Gasteiger partial charge < -0.3 is 23.7 Å². The highest BCUT2D eigenvalue weighted by Crippen LogP contribution is 2.44. The Bertz CT molecular complexity index is 1730. The zero-order chi connectivity index (χ0) is 37.0. The topological polar surface area (TPSA) is 108 Å². The summed E-state index contributed by atoms with van der Waals surface area (Å²) >= 11 is 0. The minimum absolute atomic E-state index is 0.247. The number of sulfone groups is 1. The number of benzene rings is 2. The van der Waals surface area contributed by atoms with Crippen LogP contribution in [-0.2, 0) is 46.2 Å². The highest BCUT2D eigenvalue weighted by molar-refractivity contribution is 7.91. The number of halogens is 6. The van der Waals surface area contributed by atoms with Gasteiger partial charge in [-0.25, -0.2) is 13.2 Å². The highest BCUT2D eigenvalue weighted by Gasteiger charge is 2.56. The van der Waals surface area contributed by atoms with Gasteiger partial charge in [0.25, 0.3) is 0 Å². The van der Waals surface area contributed by atoms with Gasteiger partial charge in [0.1, 0.15) is 0 Å². The summed E-state index contributed by atoms with van der Waals surface area (Å²) in [7, 11) is -8.63. The molecule has 0 atom stereocenters. The van der Waals surface area contributed by atoms with Crippen LogP contribution in [0.1, 0.15) is 103 Å². The van der Waals surface area contributed by atoms with Gasteiger partial charge in [0.2, 0.25) is 9.84 Å². The van der Waals surface area contributed by atoms with Crippen molar-refractivity contribution < 1.29 is 63.3 Å². The second-order valence-electron chi connectivity index (χ2n) is 15.1. The van der Waals surface area contributed by atoms with Crippen LogP contribution in [0.15, 0.2) is 34.1 Å². The van der Waals surface area contributed by atoms with Crippen molar-refractivity contribution in [2.45, 2.75) is 126 Å². The normalized spacial score (nSPS) is 20.8. The number of rotatable bonds is 5. The molecule has 48 heavy (non-hydrogen) atoms. The van der Waals surface area contributed by atoms with E-state index in [1.165, 1.54) is 20.8 Å². The maximum absolute atomic E-state index is 14.7. The SMILES string of the molecule is CC(C)(C)c1c(B2OC(C)(C)C(C)(C)O2)cc(C(F)(F)F)c(C(=O)O)c1S(=O)(=O)c1cc(B2OC(C)(C)C(C)(C)O2)cc(C(F)(F)F)c1. The number of hydrogen-bond acceptors (Lipinski definition) is 7. The van der Waals surface area contributed by atoms with Crippen LogP contribution in [0.3, 0.4) is 0 Å². The highest BCUT2D eigenvalue weighted by atomic mass is 32.2. The van der Waals surface area contributed by atoms with E-state index in [0.717, 1.165) is 6.07 Å². The average molecular weight is 706 g/mol. The third kappa shape index (κ3) is 6.52. The van der Waals surface area contributed by atoms with Crippen LogP contribution in [0.4, 0.5) is 26.3 Å². The van der Waals surface area contributed by atoms with Gasteiger partial charge >= 0.3 is 32.6 Å². The first-order chi connectivity index (χ1) is 21.2. The van der Waals surface area contributed by atoms with E-state index >= 15 is 0 Å². The van der Waals surface area contributed by atoms with Crippen LogP contribution in [0.5, 0.6) is 0 Å². The molecular weight excluding hydrogens is 668 g/mol. The van der Waals surface area contributed by atoms with E-state index in [9.17, 15) is 44.7 Å². The van der Waals surface area contributed by atoms with E-state index < -0.39 is 113 Å². The quantitative estimate of drug-likeness (QED) is 0.292. The predicted octanol–water partition coefficient (Wildman–Crippen LogP) is 6.15. The summed E-state index contributed by atoms with van der Waals surface area (Å²) in [6.45, 7) is 17.2. The monoisotopic (exact) mass is 706 g/mol. The van der Waals surface area contributed by atoms with Crippen LogP contribution >= 0.6 is 0 Å². The van der Waals surface area contributed by atoms with Crippen molar-refractivity contribution in [1.29, 1.82) is 0 Å². The molecule has 2 aromatic carbocycles. The van der Waals surface area contributed by atoms with Gasteiger partial charge in [0.15, 0.2) is 0 Å². The molecule has 0 bridgehead atoms. The lowest BCUT2D eigenvalue weighted by molar-refractivity contribution is -0.138. The summed E-state index contributed by atoms with van der Waals surface area (Å²) in [6, 6.07) is 2.13. The van der Waals surface area contributed by atoms with Crippen molar-refractivity contribution in [3.05, 3.63) is 46.5 Å². The standard InChI is InChI=1S/C31H38B2F6O8S/c1-25(2,3)22-20(33-46-28(8,9)29(10,11)47-33)15-19(31(37,38)39)21(24(40)41)23(22)48(42,43)18-13-16(30(34,35)36)12-17(14-18)32-44-26(4,5)27(6,7)45-32/h12-15H,1-11H3,(H,40,41). The molecule has 1 N–H and O–H groups in total.